The summed E-state index contributed by atoms with van der Waals surface area (Å²) in [5.74, 6) is 0.0241. The SMILES string of the molecule is CCC(C)(CC(=O)O)CC(=O)N1CCC2(CC1)OCc1cc(-c3ccco3)ccc1O2. The van der Waals surface area contributed by atoms with Gasteiger partial charge in [0.15, 0.2) is 0 Å². The van der Waals surface area contributed by atoms with Crippen molar-refractivity contribution in [2.45, 2.75) is 58.3 Å². The average Bonchev–Trinajstić information content (AvgIpc) is 3.28. The number of carbonyl (C=O) groups is 2. The summed E-state index contributed by atoms with van der Waals surface area (Å²) in [7, 11) is 0. The lowest BCUT2D eigenvalue weighted by atomic mass is 9.80. The van der Waals surface area contributed by atoms with Crippen molar-refractivity contribution in [3.63, 3.8) is 0 Å². The van der Waals surface area contributed by atoms with E-state index in [1.165, 1.54) is 0 Å². The molecule has 166 valence electrons. The molecule has 1 spiro atoms. The quantitative estimate of drug-likeness (QED) is 0.732. The van der Waals surface area contributed by atoms with Crippen LogP contribution in [0.5, 0.6) is 5.75 Å². The Balaban J connectivity index is 1.37. The summed E-state index contributed by atoms with van der Waals surface area (Å²) in [5.41, 5.74) is 1.43. The van der Waals surface area contributed by atoms with E-state index in [1.54, 1.807) is 6.26 Å². The zero-order chi connectivity index (χ0) is 22.1. The van der Waals surface area contributed by atoms with Gasteiger partial charge in [-0.15, -0.1) is 0 Å². The maximum absolute atomic E-state index is 12.8. The van der Waals surface area contributed by atoms with E-state index in [-0.39, 0.29) is 18.7 Å². The van der Waals surface area contributed by atoms with E-state index in [4.69, 9.17) is 19.0 Å². The molecule has 3 heterocycles. The molecular weight excluding hydrogens is 398 g/mol. The van der Waals surface area contributed by atoms with Crippen molar-refractivity contribution in [2.24, 2.45) is 5.41 Å². The van der Waals surface area contributed by atoms with E-state index in [2.05, 4.69) is 0 Å². The number of carboxylic acids is 1. The van der Waals surface area contributed by atoms with Gasteiger partial charge in [-0.05, 0) is 42.2 Å². The minimum absolute atomic E-state index is 0.000232. The summed E-state index contributed by atoms with van der Waals surface area (Å²) in [6, 6.07) is 9.72. The van der Waals surface area contributed by atoms with Crippen LogP contribution in [0.25, 0.3) is 11.3 Å². The molecule has 1 atom stereocenters. The van der Waals surface area contributed by atoms with Gasteiger partial charge in [0.25, 0.3) is 0 Å². The molecule has 2 aliphatic rings. The number of carboxylic acid groups (broad SMARTS) is 1. The van der Waals surface area contributed by atoms with Crippen LogP contribution in [0.1, 0.15) is 51.5 Å². The van der Waals surface area contributed by atoms with Gasteiger partial charge in [0.2, 0.25) is 11.7 Å². The maximum atomic E-state index is 12.8. The van der Waals surface area contributed by atoms with Gasteiger partial charge in [-0.25, -0.2) is 0 Å². The molecular formula is C24H29NO6. The first kappa shape index (κ1) is 21.4. The normalized spacial score (nSPS) is 19.4. The van der Waals surface area contributed by atoms with Crippen LogP contribution < -0.4 is 4.74 Å². The number of benzene rings is 1. The van der Waals surface area contributed by atoms with Crippen molar-refractivity contribution in [1.82, 2.24) is 4.90 Å². The standard InChI is InChI=1S/C24H29NO6/c1-3-23(2,15-22(27)28)14-21(26)25-10-8-24(9-11-25)30-16-18-13-17(6-7-20(18)31-24)19-5-4-12-29-19/h4-7,12-13H,3,8-11,14-16H2,1-2H3,(H,27,28). The van der Waals surface area contributed by atoms with Crippen LogP contribution in [-0.2, 0) is 20.9 Å². The number of ether oxygens (including phenoxy) is 2. The molecule has 1 N–H and O–H groups in total. The van der Waals surface area contributed by atoms with Gasteiger partial charge < -0.3 is 23.9 Å². The highest BCUT2D eigenvalue weighted by Crippen LogP contribution is 2.40. The first-order valence-electron chi connectivity index (χ1n) is 10.8. The molecule has 1 fully saturated rings. The molecule has 1 aromatic carbocycles. The zero-order valence-electron chi connectivity index (χ0n) is 18.1. The highest BCUT2D eigenvalue weighted by molar-refractivity contribution is 5.78. The van der Waals surface area contributed by atoms with Crippen molar-refractivity contribution in [2.75, 3.05) is 13.1 Å². The number of fused-ring (bicyclic) bond motifs is 1. The molecule has 0 radical (unpaired) electrons. The van der Waals surface area contributed by atoms with E-state index in [0.717, 1.165) is 22.6 Å². The van der Waals surface area contributed by atoms with Crippen molar-refractivity contribution in [3.05, 3.63) is 42.2 Å². The molecule has 31 heavy (non-hydrogen) atoms. The lowest BCUT2D eigenvalue weighted by Gasteiger charge is -2.44. The van der Waals surface area contributed by atoms with E-state index >= 15 is 0 Å². The van der Waals surface area contributed by atoms with Crippen molar-refractivity contribution < 1.29 is 28.6 Å². The third kappa shape index (κ3) is 4.61. The van der Waals surface area contributed by atoms with Gasteiger partial charge in [0, 0.05) is 43.5 Å². The molecule has 0 aliphatic carbocycles. The highest BCUT2D eigenvalue weighted by Gasteiger charge is 2.42. The van der Waals surface area contributed by atoms with E-state index in [1.807, 2.05) is 49.1 Å². The molecule has 2 aliphatic heterocycles. The monoisotopic (exact) mass is 427 g/mol. The number of hydrogen-bond acceptors (Lipinski definition) is 5. The molecule has 1 saturated heterocycles. The van der Waals surface area contributed by atoms with Crippen molar-refractivity contribution in [3.8, 4) is 17.1 Å². The lowest BCUT2D eigenvalue weighted by molar-refractivity contribution is -0.227. The molecule has 0 bridgehead atoms. The second-order valence-electron chi connectivity index (χ2n) is 8.89. The van der Waals surface area contributed by atoms with Crippen molar-refractivity contribution >= 4 is 11.9 Å². The first-order chi connectivity index (χ1) is 14.8. The summed E-state index contributed by atoms with van der Waals surface area (Å²) >= 11 is 0. The average molecular weight is 427 g/mol. The van der Waals surface area contributed by atoms with Crippen LogP contribution in [-0.4, -0.2) is 40.8 Å². The number of rotatable bonds is 6. The van der Waals surface area contributed by atoms with Crippen LogP contribution in [0.4, 0.5) is 0 Å². The fourth-order valence-electron chi connectivity index (χ4n) is 4.32. The summed E-state index contributed by atoms with van der Waals surface area (Å²) in [5, 5.41) is 9.16. The van der Waals surface area contributed by atoms with Crippen LogP contribution >= 0.6 is 0 Å². The summed E-state index contributed by atoms with van der Waals surface area (Å²) in [6.45, 7) is 5.31. The number of nitrogens with zero attached hydrogens (tertiary/aromatic N) is 1. The number of furan rings is 1. The second-order valence-corrected chi connectivity index (χ2v) is 8.89. The van der Waals surface area contributed by atoms with E-state index in [0.29, 0.717) is 39.0 Å². The minimum Gasteiger partial charge on any atom is -0.481 e. The Labute approximate surface area is 181 Å². The van der Waals surface area contributed by atoms with Crippen LogP contribution in [0.2, 0.25) is 0 Å². The zero-order valence-corrected chi connectivity index (χ0v) is 18.1. The van der Waals surface area contributed by atoms with Gasteiger partial charge in [-0.3, -0.25) is 9.59 Å². The smallest absolute Gasteiger partial charge is 0.303 e. The van der Waals surface area contributed by atoms with Gasteiger partial charge in [0.05, 0.1) is 19.3 Å². The molecule has 1 aromatic heterocycles. The summed E-state index contributed by atoms with van der Waals surface area (Å²) in [4.78, 5) is 25.8. The number of hydrogen-bond donors (Lipinski definition) is 1. The fourth-order valence-corrected chi connectivity index (χ4v) is 4.32. The van der Waals surface area contributed by atoms with Crippen LogP contribution in [0.15, 0.2) is 41.0 Å². The van der Waals surface area contributed by atoms with Gasteiger partial charge in [0.1, 0.15) is 11.5 Å². The van der Waals surface area contributed by atoms with Gasteiger partial charge in [-0.1, -0.05) is 13.8 Å². The Morgan fingerprint density at radius 2 is 1.97 bits per heavy atom. The predicted octanol–water partition coefficient (Wildman–Crippen LogP) is 4.46. The van der Waals surface area contributed by atoms with Crippen LogP contribution in [0.3, 0.4) is 0 Å². The Bertz CT molecular complexity index is 945. The Morgan fingerprint density at radius 3 is 2.61 bits per heavy atom. The number of amides is 1. The van der Waals surface area contributed by atoms with Crippen molar-refractivity contribution in [1.29, 1.82) is 0 Å². The number of likely N-dealkylation sites (tertiary alicyclic amines) is 1. The Hall–Kier alpha value is -2.80. The third-order valence-electron chi connectivity index (χ3n) is 6.54. The van der Waals surface area contributed by atoms with Gasteiger partial charge >= 0.3 is 5.97 Å². The molecule has 1 unspecified atom stereocenters. The molecule has 7 nitrogen and oxygen atoms in total. The Kier molecular flexibility index (Phi) is 5.79. The van der Waals surface area contributed by atoms with E-state index < -0.39 is 17.2 Å². The maximum Gasteiger partial charge on any atom is 0.303 e. The molecule has 4 rings (SSSR count). The molecule has 7 heteroatoms. The molecule has 2 aromatic rings. The summed E-state index contributed by atoms with van der Waals surface area (Å²) in [6.07, 6.45) is 3.70. The summed E-state index contributed by atoms with van der Waals surface area (Å²) < 4.78 is 17.9. The second kappa shape index (κ2) is 8.38. The first-order valence-corrected chi connectivity index (χ1v) is 10.8. The lowest BCUT2D eigenvalue weighted by Crippen LogP contribution is -2.53. The topological polar surface area (TPSA) is 89.2 Å². The molecule has 0 saturated carbocycles. The number of piperidine rings is 1. The van der Waals surface area contributed by atoms with Gasteiger partial charge in [-0.2, -0.15) is 0 Å². The third-order valence-corrected chi connectivity index (χ3v) is 6.54. The number of aliphatic carboxylic acids is 1. The Morgan fingerprint density at radius 1 is 1.19 bits per heavy atom. The van der Waals surface area contributed by atoms with Crippen LogP contribution in [0, 0.1) is 5.41 Å². The van der Waals surface area contributed by atoms with E-state index in [9.17, 15) is 9.59 Å². The largest absolute Gasteiger partial charge is 0.481 e. The minimum atomic E-state index is -0.868. The highest BCUT2D eigenvalue weighted by atomic mass is 16.7. The molecule has 1 amide bonds. The predicted molar refractivity (Wildman–Crippen MR) is 113 cm³/mol. The fraction of sp³-hybridized carbons (Fsp3) is 0.500. The number of carbonyl (C=O) groups excluding carboxylic acids is 1.